The Bertz CT molecular complexity index is 585. The maximum Gasteiger partial charge on any atom is 0.0923 e. The van der Waals surface area contributed by atoms with Gasteiger partial charge in [0.1, 0.15) is 0 Å². The van der Waals surface area contributed by atoms with Crippen molar-refractivity contribution in [3.63, 3.8) is 0 Å². The number of piperazine rings is 1. The number of aromatic nitrogens is 2. The maximum atomic E-state index is 8.87. The van der Waals surface area contributed by atoms with Gasteiger partial charge in [0.25, 0.3) is 0 Å². The first-order valence-electron chi connectivity index (χ1n) is 7.94. The molecule has 1 N–H and O–H groups in total. The zero-order valence-electron chi connectivity index (χ0n) is 13.1. The van der Waals surface area contributed by atoms with E-state index in [1.807, 2.05) is 16.9 Å². The van der Waals surface area contributed by atoms with Crippen molar-refractivity contribution in [3.8, 4) is 11.3 Å². The zero-order chi connectivity index (χ0) is 15.4. The molecule has 1 aliphatic rings. The van der Waals surface area contributed by atoms with Gasteiger partial charge in [-0.05, 0) is 31.7 Å². The third-order valence-corrected chi connectivity index (χ3v) is 4.22. The lowest BCUT2D eigenvalue weighted by atomic mass is 10.1. The number of benzene rings is 1. The second kappa shape index (κ2) is 6.94. The highest BCUT2D eigenvalue weighted by molar-refractivity contribution is 5.63. The molecule has 0 amide bonds. The highest BCUT2D eigenvalue weighted by Gasteiger charge is 2.14. The highest BCUT2D eigenvalue weighted by Crippen LogP contribution is 2.22. The maximum absolute atomic E-state index is 8.87. The fourth-order valence-electron chi connectivity index (χ4n) is 2.78. The van der Waals surface area contributed by atoms with Gasteiger partial charge in [0.05, 0.1) is 5.69 Å². The molecule has 22 heavy (non-hydrogen) atoms. The molecule has 1 aromatic heterocycles. The Morgan fingerprint density at radius 2 is 1.77 bits per heavy atom. The molecule has 3 rings (SSSR count). The number of hydrogen-bond acceptors (Lipinski definition) is 4. The summed E-state index contributed by atoms with van der Waals surface area (Å²) in [4.78, 5) is 4.80. The molecule has 118 valence electrons. The Hall–Kier alpha value is -1.85. The second-order valence-corrected chi connectivity index (χ2v) is 5.88. The number of hydrogen-bond donors (Lipinski definition) is 1. The van der Waals surface area contributed by atoms with Crippen LogP contribution in [0.15, 0.2) is 36.5 Å². The van der Waals surface area contributed by atoms with E-state index in [2.05, 4.69) is 46.2 Å². The number of anilines is 1. The summed E-state index contributed by atoms with van der Waals surface area (Å²) in [6.45, 7) is 5.39. The normalized spacial score (nSPS) is 16.2. The number of aliphatic hydroxyl groups excluding tert-OH is 1. The van der Waals surface area contributed by atoms with Crippen LogP contribution in [0.3, 0.4) is 0 Å². The third kappa shape index (κ3) is 3.48. The summed E-state index contributed by atoms with van der Waals surface area (Å²) in [5.41, 5.74) is 3.42. The quantitative estimate of drug-likeness (QED) is 0.912. The van der Waals surface area contributed by atoms with Crippen LogP contribution in [-0.4, -0.2) is 59.6 Å². The van der Waals surface area contributed by atoms with Crippen molar-refractivity contribution >= 4 is 5.69 Å². The molecule has 1 aromatic carbocycles. The zero-order valence-corrected chi connectivity index (χ0v) is 13.1. The molecule has 2 heterocycles. The molecule has 1 fully saturated rings. The first kappa shape index (κ1) is 15.1. The molecule has 1 aliphatic heterocycles. The summed E-state index contributed by atoms with van der Waals surface area (Å²) >= 11 is 0. The first-order chi connectivity index (χ1) is 10.8. The molecule has 1 saturated heterocycles. The molecular weight excluding hydrogens is 276 g/mol. The van der Waals surface area contributed by atoms with Gasteiger partial charge < -0.3 is 14.9 Å². The molecule has 0 saturated carbocycles. The van der Waals surface area contributed by atoms with E-state index in [9.17, 15) is 0 Å². The summed E-state index contributed by atoms with van der Waals surface area (Å²) in [5.74, 6) is 0. The van der Waals surface area contributed by atoms with Crippen molar-refractivity contribution in [2.75, 3.05) is 44.7 Å². The largest absolute Gasteiger partial charge is 0.396 e. The predicted octanol–water partition coefficient (Wildman–Crippen LogP) is 1.68. The summed E-state index contributed by atoms with van der Waals surface area (Å²) in [6.07, 6.45) is 2.71. The van der Waals surface area contributed by atoms with Crippen LogP contribution in [0.4, 0.5) is 5.69 Å². The van der Waals surface area contributed by atoms with Crippen molar-refractivity contribution in [1.29, 1.82) is 0 Å². The number of nitrogens with zero attached hydrogens (tertiary/aromatic N) is 4. The summed E-state index contributed by atoms with van der Waals surface area (Å²) in [5, 5.41) is 13.4. The van der Waals surface area contributed by atoms with E-state index in [1.165, 1.54) is 5.69 Å². The fraction of sp³-hybridized carbons (Fsp3) is 0.471. The second-order valence-electron chi connectivity index (χ2n) is 5.88. The molecular formula is C17H24N4O. The molecule has 0 radical (unpaired) electrons. The van der Waals surface area contributed by atoms with Crippen LogP contribution >= 0.6 is 0 Å². The van der Waals surface area contributed by atoms with Gasteiger partial charge in [-0.25, -0.2) is 0 Å². The van der Waals surface area contributed by atoms with Gasteiger partial charge in [0, 0.05) is 56.8 Å². The average Bonchev–Trinajstić information content (AvgIpc) is 3.03. The van der Waals surface area contributed by atoms with Gasteiger partial charge in [0.2, 0.25) is 0 Å². The predicted molar refractivity (Wildman–Crippen MR) is 89.1 cm³/mol. The molecule has 5 heteroatoms. The SMILES string of the molecule is CN1CCN(c2ccc(-c3ccn(CCCO)n3)cc2)CC1. The Labute approximate surface area is 131 Å². The van der Waals surface area contributed by atoms with Crippen molar-refractivity contribution in [3.05, 3.63) is 36.5 Å². The minimum absolute atomic E-state index is 0.203. The van der Waals surface area contributed by atoms with Crippen molar-refractivity contribution in [2.45, 2.75) is 13.0 Å². The van der Waals surface area contributed by atoms with Crippen molar-refractivity contribution in [1.82, 2.24) is 14.7 Å². The average molecular weight is 300 g/mol. The first-order valence-corrected chi connectivity index (χ1v) is 7.94. The van der Waals surface area contributed by atoms with Gasteiger partial charge in [-0.2, -0.15) is 5.10 Å². The Morgan fingerprint density at radius 1 is 1.05 bits per heavy atom. The molecule has 0 atom stereocenters. The molecule has 2 aromatic rings. The highest BCUT2D eigenvalue weighted by atomic mass is 16.3. The lowest BCUT2D eigenvalue weighted by Crippen LogP contribution is -2.44. The lowest BCUT2D eigenvalue weighted by molar-refractivity contribution is 0.277. The number of aryl methyl sites for hydroxylation is 1. The van der Waals surface area contributed by atoms with Crippen LogP contribution in [0, 0.1) is 0 Å². The standard InChI is InChI=1S/C17H24N4O/c1-19-10-12-20(13-11-19)16-5-3-15(4-6-16)17-7-9-21(18-17)8-2-14-22/h3-7,9,22H,2,8,10-14H2,1H3. The van der Waals surface area contributed by atoms with Crippen LogP contribution in [0.5, 0.6) is 0 Å². The summed E-state index contributed by atoms with van der Waals surface area (Å²) in [6, 6.07) is 10.7. The fourth-order valence-corrected chi connectivity index (χ4v) is 2.78. The van der Waals surface area contributed by atoms with Crippen LogP contribution in [0.1, 0.15) is 6.42 Å². The molecule has 0 bridgehead atoms. The van der Waals surface area contributed by atoms with Gasteiger partial charge >= 0.3 is 0 Å². The Kier molecular flexibility index (Phi) is 4.75. The topological polar surface area (TPSA) is 44.5 Å². The van der Waals surface area contributed by atoms with Crippen molar-refractivity contribution < 1.29 is 5.11 Å². The van der Waals surface area contributed by atoms with Gasteiger partial charge in [0.15, 0.2) is 0 Å². The van der Waals surface area contributed by atoms with Crippen molar-refractivity contribution in [2.24, 2.45) is 0 Å². The third-order valence-electron chi connectivity index (χ3n) is 4.22. The minimum atomic E-state index is 0.203. The molecule has 0 aliphatic carbocycles. The smallest absolute Gasteiger partial charge is 0.0923 e. The van der Waals surface area contributed by atoms with Crippen LogP contribution in [0.25, 0.3) is 11.3 Å². The Morgan fingerprint density at radius 3 is 2.45 bits per heavy atom. The number of likely N-dealkylation sites (N-methyl/N-ethyl adjacent to an activating group) is 1. The number of aliphatic hydroxyl groups is 1. The van der Waals surface area contributed by atoms with E-state index >= 15 is 0 Å². The van der Waals surface area contributed by atoms with E-state index in [0.717, 1.165) is 50.4 Å². The van der Waals surface area contributed by atoms with Gasteiger partial charge in [-0.3, -0.25) is 4.68 Å². The van der Waals surface area contributed by atoms with Gasteiger partial charge in [-0.1, -0.05) is 12.1 Å². The van der Waals surface area contributed by atoms with E-state index in [4.69, 9.17) is 5.11 Å². The lowest BCUT2D eigenvalue weighted by Gasteiger charge is -2.34. The van der Waals surface area contributed by atoms with E-state index in [1.54, 1.807) is 0 Å². The van der Waals surface area contributed by atoms with E-state index in [0.29, 0.717) is 0 Å². The molecule has 5 nitrogen and oxygen atoms in total. The molecule has 0 unspecified atom stereocenters. The summed E-state index contributed by atoms with van der Waals surface area (Å²) < 4.78 is 1.89. The Balaban J connectivity index is 1.67. The van der Waals surface area contributed by atoms with Crippen LogP contribution < -0.4 is 4.90 Å². The van der Waals surface area contributed by atoms with Crippen LogP contribution in [0.2, 0.25) is 0 Å². The van der Waals surface area contributed by atoms with Crippen LogP contribution in [-0.2, 0) is 6.54 Å². The monoisotopic (exact) mass is 300 g/mol. The summed E-state index contributed by atoms with van der Waals surface area (Å²) in [7, 11) is 2.17. The van der Waals surface area contributed by atoms with E-state index in [-0.39, 0.29) is 6.61 Å². The molecule has 0 spiro atoms. The van der Waals surface area contributed by atoms with Gasteiger partial charge in [-0.15, -0.1) is 0 Å². The number of rotatable bonds is 5. The minimum Gasteiger partial charge on any atom is -0.396 e. The van der Waals surface area contributed by atoms with E-state index < -0.39 is 0 Å².